The molecule has 1 fully saturated rings. The van der Waals surface area contributed by atoms with Gasteiger partial charge in [0.25, 0.3) is 0 Å². The van der Waals surface area contributed by atoms with Crippen LogP contribution in [-0.2, 0) is 52.4 Å². The van der Waals surface area contributed by atoms with E-state index in [0.717, 1.165) is 20.8 Å². The maximum absolute atomic E-state index is 12.2. The first-order valence-corrected chi connectivity index (χ1v) is 10.2. The standard InChI is InChI=1S/C21H32O11/c1-11(22)27-10-16-19(29-13(3)24)20(30-14(4)25)18(28-12(2)23)15(31-16)8-9-17(26)32-21(5,6)7/h15-16,18-20H,8-10H2,1-7H3/t15-,16-,18+,19-,20-/m1/s1. The summed E-state index contributed by atoms with van der Waals surface area (Å²) in [7, 11) is 0. The predicted octanol–water partition coefficient (Wildman–Crippen LogP) is 1.23. The molecule has 5 atom stereocenters. The molecule has 0 amide bonds. The largest absolute Gasteiger partial charge is 0.463 e. The highest BCUT2D eigenvalue weighted by Crippen LogP contribution is 2.31. The van der Waals surface area contributed by atoms with Crippen LogP contribution in [0.25, 0.3) is 0 Å². The van der Waals surface area contributed by atoms with E-state index in [1.165, 1.54) is 6.92 Å². The summed E-state index contributed by atoms with van der Waals surface area (Å²) in [6.07, 6.45) is -5.70. The Labute approximate surface area is 187 Å². The van der Waals surface area contributed by atoms with Crippen molar-refractivity contribution in [1.82, 2.24) is 0 Å². The zero-order chi connectivity index (χ0) is 24.6. The second-order valence-corrected chi connectivity index (χ2v) is 8.36. The number of ether oxygens (including phenoxy) is 6. The quantitative estimate of drug-likeness (QED) is 0.381. The molecule has 1 aliphatic rings. The van der Waals surface area contributed by atoms with Crippen molar-refractivity contribution in [3.8, 4) is 0 Å². The van der Waals surface area contributed by atoms with E-state index in [1.807, 2.05) is 0 Å². The Bertz CT molecular complexity index is 709. The summed E-state index contributed by atoms with van der Waals surface area (Å²) >= 11 is 0. The van der Waals surface area contributed by atoms with E-state index in [0.29, 0.717) is 0 Å². The van der Waals surface area contributed by atoms with Gasteiger partial charge >= 0.3 is 29.8 Å². The third-order valence-electron chi connectivity index (χ3n) is 4.14. The highest BCUT2D eigenvalue weighted by atomic mass is 16.7. The summed E-state index contributed by atoms with van der Waals surface area (Å²) < 4.78 is 32.2. The van der Waals surface area contributed by atoms with E-state index in [-0.39, 0.29) is 19.4 Å². The highest BCUT2D eigenvalue weighted by molar-refractivity contribution is 5.70. The molecule has 1 heterocycles. The van der Waals surface area contributed by atoms with Gasteiger partial charge < -0.3 is 28.4 Å². The molecule has 0 aromatic heterocycles. The van der Waals surface area contributed by atoms with Crippen molar-refractivity contribution in [2.24, 2.45) is 0 Å². The summed E-state index contributed by atoms with van der Waals surface area (Å²) in [6.45, 7) is 9.47. The topological polar surface area (TPSA) is 141 Å². The molecule has 0 N–H and O–H groups in total. The average molecular weight is 460 g/mol. The van der Waals surface area contributed by atoms with Gasteiger partial charge in [-0.1, -0.05) is 0 Å². The Kier molecular flexibility index (Phi) is 10.1. The SMILES string of the molecule is CC(=O)OC[C@H]1O[C@H](CCC(=O)OC(C)(C)C)[C@H](OC(C)=O)[C@@H](OC(C)=O)[C@@H]1OC(C)=O. The summed E-state index contributed by atoms with van der Waals surface area (Å²) in [5.74, 6) is -3.24. The maximum atomic E-state index is 12.2. The molecule has 0 unspecified atom stereocenters. The van der Waals surface area contributed by atoms with Gasteiger partial charge in [0.1, 0.15) is 18.3 Å². The van der Waals surface area contributed by atoms with Crippen molar-refractivity contribution in [3.05, 3.63) is 0 Å². The summed E-state index contributed by atoms with van der Waals surface area (Å²) in [6, 6.07) is 0. The molecule has 32 heavy (non-hydrogen) atoms. The molecule has 11 nitrogen and oxygen atoms in total. The first kappa shape index (κ1) is 27.3. The zero-order valence-electron chi connectivity index (χ0n) is 19.5. The Morgan fingerprint density at radius 1 is 0.719 bits per heavy atom. The third-order valence-corrected chi connectivity index (χ3v) is 4.14. The fourth-order valence-electron chi connectivity index (χ4n) is 3.20. The molecule has 11 heteroatoms. The van der Waals surface area contributed by atoms with Gasteiger partial charge in [-0.05, 0) is 27.2 Å². The van der Waals surface area contributed by atoms with Gasteiger partial charge in [0.15, 0.2) is 18.3 Å². The fraction of sp³-hybridized carbons (Fsp3) is 0.762. The number of esters is 5. The molecule has 1 saturated heterocycles. The number of hydrogen-bond acceptors (Lipinski definition) is 11. The molecule has 1 aliphatic heterocycles. The van der Waals surface area contributed by atoms with Gasteiger partial charge in [0, 0.05) is 34.1 Å². The number of carbonyl (C=O) groups is 5. The van der Waals surface area contributed by atoms with Crippen LogP contribution in [-0.4, -0.2) is 72.6 Å². The first-order valence-electron chi connectivity index (χ1n) is 10.2. The molecule has 0 saturated carbocycles. The molecule has 1 rings (SSSR count). The Morgan fingerprint density at radius 3 is 1.62 bits per heavy atom. The van der Waals surface area contributed by atoms with Crippen LogP contribution in [0.1, 0.15) is 61.3 Å². The van der Waals surface area contributed by atoms with Gasteiger partial charge in [-0.2, -0.15) is 0 Å². The minimum absolute atomic E-state index is 0.0357. The molecule has 0 aromatic rings. The van der Waals surface area contributed by atoms with E-state index in [4.69, 9.17) is 28.4 Å². The molecule has 0 spiro atoms. The van der Waals surface area contributed by atoms with E-state index in [9.17, 15) is 24.0 Å². The van der Waals surface area contributed by atoms with Crippen LogP contribution in [0, 0.1) is 0 Å². The Morgan fingerprint density at radius 2 is 1.19 bits per heavy atom. The van der Waals surface area contributed by atoms with Gasteiger partial charge in [-0.15, -0.1) is 0 Å². The van der Waals surface area contributed by atoms with Gasteiger partial charge in [0.2, 0.25) is 0 Å². The van der Waals surface area contributed by atoms with Crippen LogP contribution in [0.4, 0.5) is 0 Å². The summed E-state index contributed by atoms with van der Waals surface area (Å²) in [4.78, 5) is 58.7. The highest BCUT2D eigenvalue weighted by Gasteiger charge is 2.52. The molecule has 0 aromatic carbocycles. The summed E-state index contributed by atoms with van der Waals surface area (Å²) in [5, 5.41) is 0. The zero-order valence-corrected chi connectivity index (χ0v) is 19.5. The minimum atomic E-state index is -1.25. The molecular formula is C21H32O11. The van der Waals surface area contributed by atoms with E-state index in [2.05, 4.69) is 0 Å². The van der Waals surface area contributed by atoms with Crippen LogP contribution >= 0.6 is 0 Å². The number of carbonyl (C=O) groups excluding carboxylic acids is 5. The first-order chi connectivity index (χ1) is 14.7. The second-order valence-electron chi connectivity index (χ2n) is 8.36. The van der Waals surface area contributed by atoms with E-state index in [1.54, 1.807) is 20.8 Å². The van der Waals surface area contributed by atoms with Crippen molar-refractivity contribution in [1.29, 1.82) is 0 Å². The van der Waals surface area contributed by atoms with E-state index >= 15 is 0 Å². The predicted molar refractivity (Wildman–Crippen MR) is 107 cm³/mol. The second kappa shape index (κ2) is 11.8. The van der Waals surface area contributed by atoms with Crippen LogP contribution < -0.4 is 0 Å². The molecule has 182 valence electrons. The molecule has 0 radical (unpaired) electrons. The average Bonchev–Trinajstić information content (AvgIpc) is 2.59. The van der Waals surface area contributed by atoms with Gasteiger partial charge in [-0.3, -0.25) is 24.0 Å². The van der Waals surface area contributed by atoms with Crippen LogP contribution in [0.15, 0.2) is 0 Å². The lowest BCUT2D eigenvalue weighted by Crippen LogP contribution is -2.62. The van der Waals surface area contributed by atoms with Gasteiger partial charge in [-0.25, -0.2) is 0 Å². The van der Waals surface area contributed by atoms with Gasteiger partial charge in [0.05, 0.1) is 6.10 Å². The van der Waals surface area contributed by atoms with Crippen LogP contribution in [0.3, 0.4) is 0 Å². The molecule has 0 aliphatic carbocycles. The van der Waals surface area contributed by atoms with Crippen molar-refractivity contribution in [2.45, 2.75) is 97.4 Å². The number of rotatable bonds is 8. The maximum Gasteiger partial charge on any atom is 0.306 e. The van der Waals surface area contributed by atoms with Crippen molar-refractivity contribution in [3.63, 3.8) is 0 Å². The van der Waals surface area contributed by atoms with E-state index < -0.39 is 66.0 Å². The molecular weight excluding hydrogens is 428 g/mol. The van der Waals surface area contributed by atoms with Crippen LogP contribution in [0.2, 0.25) is 0 Å². The normalized spacial score (nSPS) is 25.3. The summed E-state index contributed by atoms with van der Waals surface area (Å²) in [5.41, 5.74) is -0.696. The minimum Gasteiger partial charge on any atom is -0.463 e. The lowest BCUT2D eigenvalue weighted by atomic mass is 9.92. The van der Waals surface area contributed by atoms with Crippen LogP contribution in [0.5, 0.6) is 0 Å². The monoisotopic (exact) mass is 460 g/mol. The smallest absolute Gasteiger partial charge is 0.306 e. The van der Waals surface area contributed by atoms with Crippen molar-refractivity contribution in [2.75, 3.05) is 6.61 Å². The van der Waals surface area contributed by atoms with Crippen molar-refractivity contribution < 1.29 is 52.4 Å². The van der Waals surface area contributed by atoms with Crippen molar-refractivity contribution >= 4 is 29.8 Å². The third kappa shape index (κ3) is 9.63. The lowest BCUT2D eigenvalue weighted by Gasteiger charge is -2.44. The fourth-order valence-corrected chi connectivity index (χ4v) is 3.20. The lowest BCUT2D eigenvalue weighted by molar-refractivity contribution is -0.253. The Balaban J connectivity index is 3.23. The number of hydrogen-bond donors (Lipinski definition) is 0. The molecule has 0 bridgehead atoms. The Hall–Kier alpha value is -2.69.